The summed E-state index contributed by atoms with van der Waals surface area (Å²) < 4.78 is 12.1. The van der Waals surface area contributed by atoms with Crippen LogP contribution in [0.1, 0.15) is 83.2 Å². The van der Waals surface area contributed by atoms with Crippen LogP contribution in [0.25, 0.3) is 10.8 Å². The lowest BCUT2D eigenvalue weighted by molar-refractivity contribution is -0.0535. The molecule has 2 amide bonds. The highest BCUT2D eigenvalue weighted by molar-refractivity contribution is 6.02. The molecule has 0 saturated carbocycles. The lowest BCUT2D eigenvalue weighted by Crippen LogP contribution is -2.34. The minimum atomic E-state index is -0.388. The van der Waals surface area contributed by atoms with E-state index in [1.165, 1.54) is 5.56 Å². The Kier molecular flexibility index (Phi) is 9.50. The van der Waals surface area contributed by atoms with E-state index in [0.29, 0.717) is 48.8 Å². The third-order valence-corrected chi connectivity index (χ3v) is 8.46. The molecule has 1 saturated heterocycles. The van der Waals surface area contributed by atoms with Gasteiger partial charge in [-0.1, -0.05) is 78.0 Å². The summed E-state index contributed by atoms with van der Waals surface area (Å²) in [5.74, 6) is 0.911. The molecular formula is C39H42N4O4. The Hall–Kier alpha value is -4.82. The number of hydrogen-bond donors (Lipinski definition) is 0. The van der Waals surface area contributed by atoms with Crippen LogP contribution < -0.4 is 0 Å². The highest BCUT2D eigenvalue weighted by atomic mass is 16.5. The molecule has 6 rings (SSSR count). The van der Waals surface area contributed by atoms with E-state index in [0.717, 1.165) is 29.2 Å². The van der Waals surface area contributed by atoms with Crippen molar-refractivity contribution in [3.05, 3.63) is 131 Å². The normalized spacial score (nSPS) is 16.5. The summed E-state index contributed by atoms with van der Waals surface area (Å²) in [6, 6.07) is 31.1. The molecule has 4 aromatic carbocycles. The average Bonchev–Trinajstić information content (AvgIpc) is 3.71. The first-order chi connectivity index (χ1) is 22.6. The number of fused-ring (bicyclic) bond motifs is 1. The zero-order valence-corrected chi connectivity index (χ0v) is 27.6. The number of benzene rings is 4. The fourth-order valence-corrected chi connectivity index (χ4v) is 6.27. The minimum Gasteiger partial charge on any atom is -0.371 e. The summed E-state index contributed by atoms with van der Waals surface area (Å²) in [6.45, 7) is 7.01. The molecule has 8 heteroatoms. The zero-order valence-electron chi connectivity index (χ0n) is 27.6. The van der Waals surface area contributed by atoms with Crippen molar-refractivity contribution in [2.75, 3.05) is 13.6 Å². The Labute approximate surface area is 276 Å². The van der Waals surface area contributed by atoms with Crippen LogP contribution in [-0.2, 0) is 24.1 Å². The van der Waals surface area contributed by atoms with Crippen molar-refractivity contribution in [2.24, 2.45) is 0 Å². The van der Waals surface area contributed by atoms with Gasteiger partial charge in [-0.3, -0.25) is 9.59 Å². The first-order valence-corrected chi connectivity index (χ1v) is 16.3. The van der Waals surface area contributed by atoms with E-state index < -0.39 is 0 Å². The molecule has 0 bridgehead atoms. The molecule has 1 aliphatic rings. The van der Waals surface area contributed by atoms with Crippen molar-refractivity contribution >= 4 is 22.6 Å². The number of aryl methyl sites for hydroxylation is 2. The monoisotopic (exact) mass is 630 g/mol. The number of amides is 2. The summed E-state index contributed by atoms with van der Waals surface area (Å²) in [4.78, 5) is 35.5. The number of rotatable bonds is 10. The molecule has 1 fully saturated rings. The van der Waals surface area contributed by atoms with E-state index in [9.17, 15) is 9.59 Å². The summed E-state index contributed by atoms with van der Waals surface area (Å²) in [6.07, 6.45) is 2.93. The van der Waals surface area contributed by atoms with Crippen molar-refractivity contribution in [1.29, 1.82) is 0 Å². The maximum absolute atomic E-state index is 14.1. The molecule has 2 heterocycles. The predicted octanol–water partition coefficient (Wildman–Crippen LogP) is 7.44. The average molecular weight is 631 g/mol. The van der Waals surface area contributed by atoms with E-state index in [2.05, 4.69) is 17.3 Å². The lowest BCUT2D eigenvalue weighted by Gasteiger charge is -2.25. The standard InChI is InChI=1S/C39H42N4O4/c1-39(2,3)46-33-24-34(36-40-35(41-47-36)17-11-16-27-12-7-5-8-13-27)43(26-33)38(45)32-21-19-29-22-31(20-18-30(29)23-32)37(44)42(4)25-28-14-9-6-10-15-28/h5-10,12-15,18-23,33-34H,11,16-17,24-26H2,1-4H3/t33-,34+/m1/s1. The van der Waals surface area contributed by atoms with Gasteiger partial charge in [0.05, 0.1) is 11.7 Å². The molecule has 0 spiro atoms. The van der Waals surface area contributed by atoms with Crippen LogP contribution in [0.15, 0.2) is 102 Å². The smallest absolute Gasteiger partial charge is 0.254 e. The quantitative estimate of drug-likeness (QED) is 0.159. The van der Waals surface area contributed by atoms with Gasteiger partial charge in [0.2, 0.25) is 5.89 Å². The maximum atomic E-state index is 14.1. The van der Waals surface area contributed by atoms with Gasteiger partial charge in [0, 0.05) is 44.1 Å². The Morgan fingerprint density at radius 2 is 1.51 bits per heavy atom. The summed E-state index contributed by atoms with van der Waals surface area (Å²) >= 11 is 0. The summed E-state index contributed by atoms with van der Waals surface area (Å²) in [7, 11) is 1.81. The first-order valence-electron chi connectivity index (χ1n) is 16.3. The third-order valence-electron chi connectivity index (χ3n) is 8.46. The van der Waals surface area contributed by atoms with Gasteiger partial charge in [0.1, 0.15) is 6.04 Å². The van der Waals surface area contributed by atoms with Gasteiger partial charge in [-0.05, 0) is 79.8 Å². The highest BCUT2D eigenvalue weighted by Crippen LogP contribution is 2.36. The van der Waals surface area contributed by atoms with Crippen molar-refractivity contribution < 1.29 is 18.8 Å². The SMILES string of the molecule is CN(Cc1ccccc1)C(=O)c1ccc2cc(C(=O)N3C[C@H](OC(C)(C)C)C[C@H]3c3nc(CCCc4ccccc4)no3)ccc2c1. The Morgan fingerprint density at radius 3 is 2.19 bits per heavy atom. The largest absolute Gasteiger partial charge is 0.371 e. The van der Waals surface area contributed by atoms with Crippen LogP contribution >= 0.6 is 0 Å². The van der Waals surface area contributed by atoms with Gasteiger partial charge in [-0.25, -0.2) is 0 Å². The third kappa shape index (κ3) is 7.95. The number of aromatic nitrogens is 2. The van der Waals surface area contributed by atoms with E-state index in [4.69, 9.17) is 14.2 Å². The number of carbonyl (C=O) groups is 2. The van der Waals surface area contributed by atoms with Crippen LogP contribution in [-0.4, -0.2) is 57.1 Å². The summed E-state index contributed by atoms with van der Waals surface area (Å²) in [5, 5.41) is 6.04. The molecule has 1 aromatic heterocycles. The molecule has 8 nitrogen and oxygen atoms in total. The molecular weight excluding hydrogens is 588 g/mol. The summed E-state index contributed by atoms with van der Waals surface area (Å²) in [5.41, 5.74) is 3.15. The number of carbonyl (C=O) groups excluding carboxylic acids is 2. The van der Waals surface area contributed by atoms with Crippen LogP contribution in [0.3, 0.4) is 0 Å². The Balaban J connectivity index is 1.18. The maximum Gasteiger partial charge on any atom is 0.254 e. The van der Waals surface area contributed by atoms with Gasteiger partial charge in [0.15, 0.2) is 5.82 Å². The molecule has 0 radical (unpaired) electrons. The van der Waals surface area contributed by atoms with E-state index in [-0.39, 0.29) is 29.6 Å². The highest BCUT2D eigenvalue weighted by Gasteiger charge is 2.41. The molecule has 242 valence electrons. The van der Waals surface area contributed by atoms with Gasteiger partial charge < -0.3 is 19.1 Å². The van der Waals surface area contributed by atoms with Gasteiger partial charge in [-0.2, -0.15) is 4.98 Å². The van der Waals surface area contributed by atoms with Crippen molar-refractivity contribution in [1.82, 2.24) is 19.9 Å². The fourth-order valence-electron chi connectivity index (χ4n) is 6.27. The zero-order chi connectivity index (χ0) is 33.0. The minimum absolute atomic E-state index is 0.0558. The molecule has 0 unspecified atom stereocenters. The number of nitrogens with zero attached hydrogens (tertiary/aromatic N) is 4. The topological polar surface area (TPSA) is 88.8 Å². The number of ether oxygens (including phenoxy) is 1. The van der Waals surface area contributed by atoms with Gasteiger partial charge in [0.25, 0.3) is 11.8 Å². The lowest BCUT2D eigenvalue weighted by atomic mass is 10.0. The fraction of sp³-hybridized carbons (Fsp3) is 0.333. The van der Waals surface area contributed by atoms with Crippen LogP contribution in [0, 0.1) is 0 Å². The Morgan fingerprint density at radius 1 is 0.872 bits per heavy atom. The second-order valence-corrected chi connectivity index (χ2v) is 13.4. The van der Waals surface area contributed by atoms with E-state index >= 15 is 0 Å². The molecule has 0 N–H and O–H groups in total. The van der Waals surface area contributed by atoms with Crippen molar-refractivity contribution in [2.45, 2.75) is 70.7 Å². The molecule has 47 heavy (non-hydrogen) atoms. The van der Waals surface area contributed by atoms with Crippen LogP contribution in [0.5, 0.6) is 0 Å². The van der Waals surface area contributed by atoms with Crippen molar-refractivity contribution in [3.8, 4) is 0 Å². The molecule has 2 atom stereocenters. The molecule has 1 aliphatic heterocycles. The first kappa shape index (κ1) is 32.1. The van der Waals surface area contributed by atoms with E-state index in [1.807, 2.05) is 113 Å². The second kappa shape index (κ2) is 13.9. The van der Waals surface area contributed by atoms with Crippen LogP contribution in [0.2, 0.25) is 0 Å². The number of likely N-dealkylation sites (tertiary alicyclic amines) is 1. The second-order valence-electron chi connectivity index (χ2n) is 13.4. The van der Waals surface area contributed by atoms with E-state index in [1.54, 1.807) is 9.80 Å². The van der Waals surface area contributed by atoms with Gasteiger partial charge in [-0.15, -0.1) is 0 Å². The predicted molar refractivity (Wildman–Crippen MR) is 182 cm³/mol. The van der Waals surface area contributed by atoms with Gasteiger partial charge >= 0.3 is 0 Å². The van der Waals surface area contributed by atoms with Crippen molar-refractivity contribution in [3.63, 3.8) is 0 Å². The van der Waals surface area contributed by atoms with Crippen LogP contribution in [0.4, 0.5) is 0 Å². The Bertz CT molecular complexity index is 1830. The molecule has 0 aliphatic carbocycles. The number of hydrogen-bond acceptors (Lipinski definition) is 6. The molecule has 5 aromatic rings.